The fraction of sp³-hybridized carbons (Fsp3) is 0.455. The maximum atomic E-state index is 12.2. The van der Waals surface area contributed by atoms with E-state index in [1.165, 1.54) is 12.1 Å². The van der Waals surface area contributed by atoms with Gasteiger partial charge in [-0.25, -0.2) is 13.1 Å². The zero-order chi connectivity index (χ0) is 15.5. The second-order valence-electron chi connectivity index (χ2n) is 4.67. The number of nitro groups is 1. The van der Waals surface area contributed by atoms with Crippen molar-refractivity contribution in [2.24, 2.45) is 11.8 Å². The van der Waals surface area contributed by atoms with Crippen LogP contribution in [0.2, 0.25) is 0 Å². The molecule has 116 valence electrons. The van der Waals surface area contributed by atoms with Gasteiger partial charge >= 0.3 is 0 Å². The number of hydrazine groups is 1. The van der Waals surface area contributed by atoms with Gasteiger partial charge in [-0.1, -0.05) is 0 Å². The molecule has 1 aliphatic heterocycles. The van der Waals surface area contributed by atoms with E-state index in [1.807, 2.05) is 0 Å². The summed E-state index contributed by atoms with van der Waals surface area (Å²) in [4.78, 5) is 9.95. The van der Waals surface area contributed by atoms with E-state index in [9.17, 15) is 18.5 Å². The van der Waals surface area contributed by atoms with E-state index in [0.717, 1.165) is 24.0 Å². The first-order valence-electron chi connectivity index (χ1n) is 6.26. The Kier molecular flexibility index (Phi) is 5.04. The maximum absolute atomic E-state index is 12.2. The number of benzene rings is 1. The molecule has 1 unspecified atom stereocenters. The molecular weight excluding hydrogens is 316 g/mol. The van der Waals surface area contributed by atoms with Crippen LogP contribution in [0.4, 0.5) is 11.4 Å². The summed E-state index contributed by atoms with van der Waals surface area (Å²) in [7, 11) is -3.92. The predicted octanol–water partition coefficient (Wildman–Crippen LogP) is 0.912. The molecule has 0 spiro atoms. The SMILES string of the molecule is NNc1ccc(S(=O)(=O)NCC2CCSC2)c([N+](=O)[O-])c1. The molecule has 0 bridgehead atoms. The van der Waals surface area contributed by atoms with E-state index in [4.69, 9.17) is 5.84 Å². The summed E-state index contributed by atoms with van der Waals surface area (Å²) >= 11 is 1.78. The number of anilines is 1. The Balaban J connectivity index is 2.23. The first kappa shape index (κ1) is 16.0. The number of thioether (sulfide) groups is 1. The minimum Gasteiger partial charge on any atom is -0.324 e. The number of sulfonamides is 1. The van der Waals surface area contributed by atoms with Crippen LogP contribution in [0.1, 0.15) is 6.42 Å². The second-order valence-corrected chi connectivity index (χ2v) is 7.55. The number of nitrogens with one attached hydrogen (secondary N) is 2. The van der Waals surface area contributed by atoms with Crippen molar-refractivity contribution < 1.29 is 13.3 Å². The molecule has 1 heterocycles. The predicted molar refractivity (Wildman–Crippen MR) is 81.5 cm³/mol. The molecule has 1 fully saturated rings. The highest BCUT2D eigenvalue weighted by Gasteiger charge is 2.27. The number of hydrogen-bond acceptors (Lipinski definition) is 7. The van der Waals surface area contributed by atoms with E-state index in [2.05, 4.69) is 10.1 Å². The molecule has 0 saturated carbocycles. The van der Waals surface area contributed by atoms with Crippen molar-refractivity contribution in [3.8, 4) is 0 Å². The van der Waals surface area contributed by atoms with E-state index in [-0.39, 0.29) is 16.5 Å². The Bertz CT molecular complexity index is 629. The number of nitrogens with two attached hydrogens (primary N) is 1. The molecule has 0 aliphatic carbocycles. The van der Waals surface area contributed by atoms with Crippen LogP contribution in [-0.2, 0) is 10.0 Å². The van der Waals surface area contributed by atoms with Gasteiger partial charge in [0.2, 0.25) is 10.0 Å². The molecule has 1 aromatic carbocycles. The smallest absolute Gasteiger partial charge is 0.291 e. The van der Waals surface area contributed by atoms with Crippen molar-refractivity contribution in [3.63, 3.8) is 0 Å². The van der Waals surface area contributed by atoms with Crippen molar-refractivity contribution >= 4 is 33.2 Å². The van der Waals surface area contributed by atoms with Crippen molar-refractivity contribution in [1.82, 2.24) is 4.72 Å². The van der Waals surface area contributed by atoms with Gasteiger partial charge in [-0.3, -0.25) is 16.0 Å². The molecule has 1 aliphatic rings. The molecule has 0 amide bonds. The third kappa shape index (κ3) is 3.84. The first-order chi connectivity index (χ1) is 9.94. The Morgan fingerprint density at radius 2 is 2.24 bits per heavy atom. The summed E-state index contributed by atoms with van der Waals surface area (Å²) in [5.74, 6) is 7.37. The molecular formula is C11H16N4O4S2. The Morgan fingerprint density at radius 1 is 1.48 bits per heavy atom. The molecule has 4 N–H and O–H groups in total. The fourth-order valence-corrected chi connectivity index (χ4v) is 4.58. The average molecular weight is 332 g/mol. The highest BCUT2D eigenvalue weighted by atomic mass is 32.2. The summed E-state index contributed by atoms with van der Waals surface area (Å²) in [6.45, 7) is 0.295. The minimum atomic E-state index is -3.92. The summed E-state index contributed by atoms with van der Waals surface area (Å²) < 4.78 is 26.9. The third-order valence-electron chi connectivity index (χ3n) is 3.20. The molecule has 10 heteroatoms. The van der Waals surface area contributed by atoms with Gasteiger partial charge in [-0.15, -0.1) is 0 Å². The van der Waals surface area contributed by atoms with Crippen molar-refractivity contribution in [1.29, 1.82) is 0 Å². The van der Waals surface area contributed by atoms with Crippen LogP contribution >= 0.6 is 11.8 Å². The zero-order valence-electron chi connectivity index (χ0n) is 11.1. The van der Waals surface area contributed by atoms with Gasteiger partial charge in [0.05, 0.1) is 10.6 Å². The standard InChI is InChI=1S/C11H16N4O4S2/c12-14-9-1-2-11(10(5-9)15(16)17)21(18,19)13-6-8-3-4-20-7-8/h1-2,5,8,13-14H,3-4,6-7,12H2. The van der Waals surface area contributed by atoms with Crippen LogP contribution in [0, 0.1) is 16.0 Å². The summed E-state index contributed by atoms with van der Waals surface area (Å²) in [6, 6.07) is 3.66. The fourth-order valence-electron chi connectivity index (χ4n) is 2.03. The highest BCUT2D eigenvalue weighted by molar-refractivity contribution is 7.99. The average Bonchev–Trinajstić information content (AvgIpc) is 2.98. The number of nitrogen functional groups attached to an aromatic ring is 1. The van der Waals surface area contributed by atoms with Crippen molar-refractivity contribution in [3.05, 3.63) is 28.3 Å². The molecule has 21 heavy (non-hydrogen) atoms. The largest absolute Gasteiger partial charge is 0.324 e. The lowest BCUT2D eigenvalue weighted by molar-refractivity contribution is -0.387. The lowest BCUT2D eigenvalue weighted by Crippen LogP contribution is -2.30. The van der Waals surface area contributed by atoms with Crippen LogP contribution in [0.5, 0.6) is 0 Å². The molecule has 1 saturated heterocycles. The van der Waals surface area contributed by atoms with Crippen LogP contribution in [0.3, 0.4) is 0 Å². The monoisotopic (exact) mass is 332 g/mol. The zero-order valence-corrected chi connectivity index (χ0v) is 12.7. The van der Waals surface area contributed by atoms with Crippen LogP contribution in [0.25, 0.3) is 0 Å². The topological polar surface area (TPSA) is 127 Å². The second kappa shape index (κ2) is 6.60. The van der Waals surface area contributed by atoms with E-state index in [1.54, 1.807) is 11.8 Å². The lowest BCUT2D eigenvalue weighted by atomic mass is 10.1. The van der Waals surface area contributed by atoms with Gasteiger partial charge in [0, 0.05) is 12.6 Å². The summed E-state index contributed by atoms with van der Waals surface area (Å²) in [5, 5.41) is 11.0. The molecule has 1 atom stereocenters. The number of hydrogen-bond donors (Lipinski definition) is 3. The van der Waals surface area contributed by atoms with Gasteiger partial charge in [0.1, 0.15) is 0 Å². The van der Waals surface area contributed by atoms with Crippen LogP contribution in [-0.4, -0.2) is 31.4 Å². The lowest BCUT2D eigenvalue weighted by Gasteiger charge is -2.11. The van der Waals surface area contributed by atoms with Crippen molar-refractivity contribution in [2.75, 3.05) is 23.5 Å². The van der Waals surface area contributed by atoms with Crippen molar-refractivity contribution in [2.45, 2.75) is 11.3 Å². The van der Waals surface area contributed by atoms with Crippen LogP contribution < -0.4 is 16.0 Å². The minimum absolute atomic E-state index is 0.271. The number of nitro benzene ring substituents is 1. The maximum Gasteiger partial charge on any atom is 0.291 e. The van der Waals surface area contributed by atoms with Gasteiger partial charge < -0.3 is 5.43 Å². The Hall–Kier alpha value is -1.36. The molecule has 0 radical (unpaired) electrons. The van der Waals surface area contributed by atoms with Gasteiger partial charge in [-0.2, -0.15) is 11.8 Å². The Labute approximate surface area is 126 Å². The molecule has 8 nitrogen and oxygen atoms in total. The molecule has 2 rings (SSSR count). The van der Waals surface area contributed by atoms with Gasteiger partial charge in [0.25, 0.3) is 5.69 Å². The molecule has 1 aromatic rings. The van der Waals surface area contributed by atoms with Gasteiger partial charge in [0.15, 0.2) is 4.90 Å². The number of rotatable bonds is 6. The third-order valence-corrected chi connectivity index (χ3v) is 5.90. The molecule has 0 aromatic heterocycles. The summed E-state index contributed by atoms with van der Waals surface area (Å²) in [5.41, 5.74) is 2.03. The van der Waals surface area contributed by atoms with E-state index in [0.29, 0.717) is 6.54 Å². The Morgan fingerprint density at radius 3 is 2.81 bits per heavy atom. The normalized spacial score (nSPS) is 18.6. The quantitative estimate of drug-likeness (QED) is 0.401. The van der Waals surface area contributed by atoms with Gasteiger partial charge in [-0.05, 0) is 36.0 Å². The number of nitrogens with zero attached hydrogens (tertiary/aromatic N) is 1. The highest BCUT2D eigenvalue weighted by Crippen LogP contribution is 2.28. The summed E-state index contributed by atoms with van der Waals surface area (Å²) in [6.07, 6.45) is 0.950. The van der Waals surface area contributed by atoms with Crippen LogP contribution in [0.15, 0.2) is 23.1 Å². The first-order valence-corrected chi connectivity index (χ1v) is 8.90. The van der Waals surface area contributed by atoms with E-state index >= 15 is 0 Å². The van der Waals surface area contributed by atoms with E-state index < -0.39 is 20.6 Å².